The average Bonchev–Trinajstić information content (AvgIpc) is 3.15. The fourth-order valence-electron chi connectivity index (χ4n) is 2.30. The molecule has 6 nitrogen and oxygen atoms in total. The normalized spacial score (nSPS) is 10.2. The van der Waals surface area contributed by atoms with Gasteiger partial charge in [-0.1, -0.05) is 0 Å². The number of ether oxygens (including phenoxy) is 3. The molecule has 142 valence electrons. The molecule has 2 aromatic carbocycles. The minimum atomic E-state index is -0.501. The first kappa shape index (κ1) is 19.3. The smallest absolute Gasteiger partial charge is 0.317 e. The monoisotopic (exact) mass is 398 g/mol. The van der Waals surface area contributed by atoms with E-state index >= 15 is 0 Å². The van der Waals surface area contributed by atoms with E-state index in [2.05, 4.69) is 4.98 Å². The minimum absolute atomic E-state index is 0.0177. The van der Waals surface area contributed by atoms with E-state index in [1.807, 2.05) is 6.07 Å². The summed E-state index contributed by atoms with van der Waals surface area (Å²) in [7, 11) is 1.43. The van der Waals surface area contributed by atoms with Gasteiger partial charge in [0.15, 0.2) is 11.5 Å². The van der Waals surface area contributed by atoms with Crippen molar-refractivity contribution in [2.75, 3.05) is 7.11 Å². The molecule has 1 heterocycles. The zero-order valence-electron chi connectivity index (χ0n) is 14.8. The summed E-state index contributed by atoms with van der Waals surface area (Å²) in [6.45, 7) is 0.217. The van der Waals surface area contributed by atoms with Crippen LogP contribution in [0.25, 0.3) is 0 Å². The lowest BCUT2D eigenvalue weighted by Gasteiger charge is -2.08. The Morgan fingerprint density at radius 3 is 2.71 bits per heavy atom. The van der Waals surface area contributed by atoms with Crippen molar-refractivity contribution in [2.24, 2.45) is 0 Å². The van der Waals surface area contributed by atoms with Crippen molar-refractivity contribution in [1.82, 2.24) is 4.98 Å². The van der Waals surface area contributed by atoms with Gasteiger partial charge in [0.2, 0.25) is 0 Å². The van der Waals surface area contributed by atoms with Crippen LogP contribution in [0.15, 0.2) is 47.8 Å². The second-order valence-corrected chi connectivity index (χ2v) is 6.55. The van der Waals surface area contributed by atoms with Crippen molar-refractivity contribution in [3.8, 4) is 23.3 Å². The summed E-state index contributed by atoms with van der Waals surface area (Å²) < 4.78 is 28.9. The average molecular weight is 398 g/mol. The molecular weight excluding hydrogens is 383 g/mol. The van der Waals surface area contributed by atoms with Crippen LogP contribution in [0.2, 0.25) is 0 Å². The van der Waals surface area contributed by atoms with Crippen LogP contribution in [0.3, 0.4) is 0 Å². The molecule has 0 bridgehead atoms. The Morgan fingerprint density at radius 1 is 1.21 bits per heavy atom. The van der Waals surface area contributed by atoms with E-state index in [0.717, 1.165) is 0 Å². The van der Waals surface area contributed by atoms with Crippen LogP contribution in [0, 0.1) is 17.1 Å². The van der Waals surface area contributed by atoms with Gasteiger partial charge < -0.3 is 14.2 Å². The van der Waals surface area contributed by atoms with E-state index < -0.39 is 5.97 Å². The molecule has 0 N–H and O–H groups in total. The summed E-state index contributed by atoms with van der Waals surface area (Å²) >= 11 is 1.35. The fraction of sp³-hybridized carbons (Fsp3) is 0.150. The SMILES string of the molecule is COc1cc(C#N)ccc1OC(=O)Cc1csc(COc2ccc(F)cc2)n1. The molecule has 28 heavy (non-hydrogen) atoms. The fourth-order valence-corrected chi connectivity index (χ4v) is 3.01. The molecule has 0 atom stereocenters. The third-order valence-electron chi connectivity index (χ3n) is 3.62. The number of hydrogen-bond acceptors (Lipinski definition) is 7. The van der Waals surface area contributed by atoms with Gasteiger partial charge in [-0.25, -0.2) is 9.37 Å². The third kappa shape index (κ3) is 5.05. The summed E-state index contributed by atoms with van der Waals surface area (Å²) in [5.41, 5.74) is 0.960. The van der Waals surface area contributed by atoms with E-state index in [9.17, 15) is 9.18 Å². The summed E-state index contributed by atoms with van der Waals surface area (Å²) in [5, 5.41) is 11.3. The van der Waals surface area contributed by atoms with Gasteiger partial charge in [0.25, 0.3) is 0 Å². The van der Waals surface area contributed by atoms with Crippen molar-refractivity contribution in [3.05, 3.63) is 69.9 Å². The van der Waals surface area contributed by atoms with Crippen LogP contribution >= 0.6 is 11.3 Å². The van der Waals surface area contributed by atoms with Gasteiger partial charge in [0.1, 0.15) is 23.2 Å². The van der Waals surface area contributed by atoms with Crippen molar-refractivity contribution in [1.29, 1.82) is 5.26 Å². The Hall–Kier alpha value is -3.44. The number of nitriles is 1. The second-order valence-electron chi connectivity index (χ2n) is 5.60. The molecule has 8 heteroatoms. The maximum atomic E-state index is 12.9. The Bertz CT molecular complexity index is 1010. The highest BCUT2D eigenvalue weighted by Gasteiger charge is 2.14. The van der Waals surface area contributed by atoms with E-state index in [-0.39, 0.29) is 24.6 Å². The molecule has 0 unspecified atom stereocenters. The minimum Gasteiger partial charge on any atom is -0.493 e. The summed E-state index contributed by atoms with van der Waals surface area (Å²) in [6, 6.07) is 12.2. The largest absolute Gasteiger partial charge is 0.493 e. The number of nitrogens with zero attached hydrogens (tertiary/aromatic N) is 2. The van der Waals surface area contributed by atoms with Crippen LogP contribution in [0.4, 0.5) is 4.39 Å². The lowest BCUT2D eigenvalue weighted by atomic mass is 10.2. The molecule has 0 aliphatic carbocycles. The van der Waals surface area contributed by atoms with Crippen LogP contribution in [0.5, 0.6) is 17.2 Å². The number of benzene rings is 2. The zero-order chi connectivity index (χ0) is 19.9. The molecule has 0 aliphatic rings. The summed E-state index contributed by atoms with van der Waals surface area (Å²) in [5.74, 6) is 0.242. The Labute approximate surface area is 164 Å². The van der Waals surface area contributed by atoms with Gasteiger partial charge >= 0.3 is 5.97 Å². The Morgan fingerprint density at radius 2 is 2.00 bits per heavy atom. The quantitative estimate of drug-likeness (QED) is 0.444. The molecule has 1 aromatic heterocycles. The van der Waals surface area contributed by atoms with Crippen molar-refractivity contribution in [3.63, 3.8) is 0 Å². The van der Waals surface area contributed by atoms with E-state index in [0.29, 0.717) is 27.8 Å². The molecule has 0 saturated heterocycles. The maximum Gasteiger partial charge on any atom is 0.317 e. The molecule has 0 spiro atoms. The first-order valence-corrected chi connectivity index (χ1v) is 9.06. The van der Waals surface area contributed by atoms with E-state index in [4.69, 9.17) is 19.5 Å². The van der Waals surface area contributed by atoms with Gasteiger partial charge in [-0.2, -0.15) is 5.26 Å². The first-order valence-electron chi connectivity index (χ1n) is 8.18. The maximum absolute atomic E-state index is 12.9. The van der Waals surface area contributed by atoms with Crippen molar-refractivity contribution >= 4 is 17.3 Å². The highest BCUT2D eigenvalue weighted by Crippen LogP contribution is 2.28. The van der Waals surface area contributed by atoms with Gasteiger partial charge in [-0.15, -0.1) is 11.3 Å². The van der Waals surface area contributed by atoms with Gasteiger partial charge in [-0.05, 0) is 36.4 Å². The lowest BCUT2D eigenvalue weighted by molar-refractivity contribution is -0.133. The number of carbonyl (C=O) groups excluding carboxylic acids is 1. The Kier molecular flexibility index (Phi) is 6.19. The number of thiazole rings is 1. The third-order valence-corrected chi connectivity index (χ3v) is 4.49. The molecular formula is C20H15FN2O4S. The zero-order valence-corrected chi connectivity index (χ0v) is 15.7. The number of aromatic nitrogens is 1. The number of methoxy groups -OCH3 is 1. The van der Waals surface area contributed by atoms with Crippen LogP contribution in [-0.4, -0.2) is 18.1 Å². The lowest BCUT2D eigenvalue weighted by Crippen LogP contribution is -2.12. The Balaban J connectivity index is 1.56. The topological polar surface area (TPSA) is 81.4 Å². The number of rotatable bonds is 7. The van der Waals surface area contributed by atoms with Crippen LogP contribution in [0.1, 0.15) is 16.3 Å². The predicted octanol–water partition coefficient (Wildman–Crippen LogP) is 3.89. The van der Waals surface area contributed by atoms with Crippen molar-refractivity contribution in [2.45, 2.75) is 13.0 Å². The van der Waals surface area contributed by atoms with Gasteiger partial charge in [0.05, 0.1) is 30.9 Å². The summed E-state index contributed by atoms with van der Waals surface area (Å²) in [6.07, 6.45) is -0.0177. The van der Waals surface area contributed by atoms with Crippen molar-refractivity contribution < 1.29 is 23.4 Å². The van der Waals surface area contributed by atoms with Crippen LogP contribution in [-0.2, 0) is 17.8 Å². The standard InChI is InChI=1S/C20H15FN2O4S/c1-25-18-8-13(10-22)2-7-17(18)27-20(24)9-15-12-28-19(23-15)11-26-16-5-3-14(21)4-6-16/h2-8,12H,9,11H2,1H3. The van der Waals surface area contributed by atoms with Gasteiger partial charge in [0, 0.05) is 11.4 Å². The number of hydrogen-bond donors (Lipinski definition) is 0. The number of esters is 1. The number of carbonyl (C=O) groups is 1. The second kappa shape index (κ2) is 8.97. The van der Waals surface area contributed by atoms with Gasteiger partial charge in [-0.3, -0.25) is 4.79 Å². The molecule has 3 rings (SSSR count). The molecule has 3 aromatic rings. The molecule has 0 saturated carbocycles. The first-order chi connectivity index (χ1) is 13.6. The molecule has 0 fully saturated rings. The van der Waals surface area contributed by atoms with E-state index in [1.165, 1.54) is 54.8 Å². The number of halogens is 1. The highest BCUT2D eigenvalue weighted by molar-refractivity contribution is 7.09. The van der Waals surface area contributed by atoms with E-state index in [1.54, 1.807) is 11.4 Å². The van der Waals surface area contributed by atoms with Crippen LogP contribution < -0.4 is 14.2 Å². The molecule has 0 radical (unpaired) electrons. The molecule has 0 amide bonds. The summed E-state index contributed by atoms with van der Waals surface area (Å²) in [4.78, 5) is 16.5. The molecule has 0 aliphatic heterocycles. The highest BCUT2D eigenvalue weighted by atomic mass is 32.1. The predicted molar refractivity (Wildman–Crippen MR) is 99.9 cm³/mol.